The molecule has 164 valence electrons. The first-order chi connectivity index (χ1) is 15.4. The van der Waals surface area contributed by atoms with E-state index < -0.39 is 17.1 Å². The van der Waals surface area contributed by atoms with E-state index in [0.717, 1.165) is 28.8 Å². The van der Waals surface area contributed by atoms with Crippen molar-refractivity contribution in [1.29, 1.82) is 0 Å². The highest BCUT2D eigenvalue weighted by atomic mass is 19.1. The van der Waals surface area contributed by atoms with Gasteiger partial charge in [-0.25, -0.2) is 9.18 Å². The van der Waals surface area contributed by atoms with Gasteiger partial charge in [-0.15, -0.1) is 0 Å². The van der Waals surface area contributed by atoms with Gasteiger partial charge in [0, 0.05) is 31.4 Å². The van der Waals surface area contributed by atoms with Crippen LogP contribution in [-0.4, -0.2) is 25.2 Å². The first-order valence-electron chi connectivity index (χ1n) is 10.6. The lowest BCUT2D eigenvalue weighted by Gasteiger charge is -2.30. The van der Waals surface area contributed by atoms with Gasteiger partial charge in [0.1, 0.15) is 5.82 Å². The molecule has 0 radical (unpaired) electrons. The summed E-state index contributed by atoms with van der Waals surface area (Å²) < 4.78 is 18.6. The number of imidazole rings is 1. The molecule has 0 bridgehead atoms. The summed E-state index contributed by atoms with van der Waals surface area (Å²) in [5.41, 5.74) is 3.37. The maximum absolute atomic E-state index is 14.2. The number of hydrogen-bond donors (Lipinski definition) is 0. The highest BCUT2D eigenvalue weighted by molar-refractivity contribution is 5.77. The third-order valence-electron chi connectivity index (χ3n) is 6.15. The predicted molar refractivity (Wildman–Crippen MR) is 122 cm³/mol. The van der Waals surface area contributed by atoms with Crippen molar-refractivity contribution in [3.8, 4) is 0 Å². The number of aryl methyl sites for hydroxylation is 4. The van der Waals surface area contributed by atoms with Gasteiger partial charge in [0.2, 0.25) is 5.95 Å². The van der Waals surface area contributed by atoms with E-state index in [2.05, 4.69) is 36.9 Å². The molecule has 0 saturated heterocycles. The van der Waals surface area contributed by atoms with E-state index in [1.165, 1.54) is 16.2 Å². The van der Waals surface area contributed by atoms with E-state index in [1.807, 2.05) is 4.57 Å². The van der Waals surface area contributed by atoms with E-state index >= 15 is 0 Å². The Kier molecular flexibility index (Phi) is 4.73. The molecular weight excluding hydrogens is 409 g/mol. The second-order valence-corrected chi connectivity index (χ2v) is 8.36. The lowest BCUT2D eigenvalue weighted by atomic mass is 10.1. The molecule has 0 aliphatic carbocycles. The summed E-state index contributed by atoms with van der Waals surface area (Å²) in [5.74, 6) is 0.201. The van der Waals surface area contributed by atoms with Crippen molar-refractivity contribution in [3.63, 3.8) is 0 Å². The summed E-state index contributed by atoms with van der Waals surface area (Å²) in [6, 6.07) is 12.4. The number of halogens is 1. The molecule has 0 N–H and O–H groups in total. The SMILES string of the molecule is Cc1ccc(N2CCCn3c2nc2c3c(=O)n(Cc3ccccc3F)c(=O)n2C)c(C)c1. The summed E-state index contributed by atoms with van der Waals surface area (Å²) in [7, 11) is 1.60. The number of anilines is 2. The van der Waals surface area contributed by atoms with Crippen molar-refractivity contribution >= 4 is 22.8 Å². The molecule has 1 aliphatic heterocycles. The third kappa shape index (κ3) is 3.05. The van der Waals surface area contributed by atoms with Crippen molar-refractivity contribution in [2.75, 3.05) is 11.4 Å². The minimum Gasteiger partial charge on any atom is -0.312 e. The maximum atomic E-state index is 14.2. The van der Waals surface area contributed by atoms with Crippen LogP contribution in [0.2, 0.25) is 0 Å². The number of rotatable bonds is 3. The molecule has 0 spiro atoms. The zero-order valence-corrected chi connectivity index (χ0v) is 18.3. The predicted octanol–water partition coefficient (Wildman–Crippen LogP) is 3.24. The van der Waals surface area contributed by atoms with Crippen LogP contribution >= 0.6 is 0 Å². The van der Waals surface area contributed by atoms with Gasteiger partial charge in [0.15, 0.2) is 11.2 Å². The lowest BCUT2D eigenvalue weighted by Crippen LogP contribution is -2.40. The fraction of sp³-hybridized carbons (Fsp3) is 0.292. The number of benzene rings is 2. The van der Waals surface area contributed by atoms with Crippen LogP contribution in [0.5, 0.6) is 0 Å². The van der Waals surface area contributed by atoms with Crippen LogP contribution in [0.3, 0.4) is 0 Å². The molecule has 8 heteroatoms. The van der Waals surface area contributed by atoms with Crippen LogP contribution in [0.25, 0.3) is 11.2 Å². The lowest BCUT2D eigenvalue weighted by molar-refractivity contribution is 0.577. The Labute approximate surface area is 184 Å². The Morgan fingerprint density at radius 2 is 1.84 bits per heavy atom. The van der Waals surface area contributed by atoms with Crippen LogP contribution < -0.4 is 16.1 Å². The number of hydrogen-bond acceptors (Lipinski definition) is 4. The number of aromatic nitrogens is 4. The average Bonchev–Trinajstić information content (AvgIpc) is 3.17. The van der Waals surface area contributed by atoms with Crippen LogP contribution in [0.15, 0.2) is 52.1 Å². The first-order valence-corrected chi connectivity index (χ1v) is 10.6. The van der Waals surface area contributed by atoms with Crippen molar-refractivity contribution in [2.45, 2.75) is 33.4 Å². The van der Waals surface area contributed by atoms with Gasteiger partial charge in [-0.3, -0.25) is 13.9 Å². The largest absolute Gasteiger partial charge is 0.332 e. The summed E-state index contributed by atoms with van der Waals surface area (Å²) in [4.78, 5) is 33.3. The van der Waals surface area contributed by atoms with Crippen molar-refractivity contribution in [2.24, 2.45) is 7.05 Å². The Bertz CT molecular complexity index is 1480. The standard InChI is InChI=1S/C24H24FN5O2/c1-15-9-10-19(16(2)13-15)28-11-6-12-29-20-21(26-23(28)29)27(3)24(32)30(22(20)31)14-17-7-4-5-8-18(17)25/h4-5,7-10,13H,6,11-12,14H2,1-3H3. The van der Waals surface area contributed by atoms with Crippen LogP contribution in [0.4, 0.5) is 16.0 Å². The quantitative estimate of drug-likeness (QED) is 0.498. The van der Waals surface area contributed by atoms with E-state index in [0.29, 0.717) is 29.2 Å². The highest BCUT2D eigenvalue weighted by Crippen LogP contribution is 2.33. The molecule has 3 heterocycles. The zero-order valence-electron chi connectivity index (χ0n) is 18.3. The van der Waals surface area contributed by atoms with Gasteiger partial charge in [-0.1, -0.05) is 35.9 Å². The fourth-order valence-electron chi connectivity index (χ4n) is 4.54. The zero-order chi connectivity index (χ0) is 22.6. The van der Waals surface area contributed by atoms with Gasteiger partial charge in [-0.05, 0) is 38.0 Å². The average molecular weight is 433 g/mol. The molecule has 7 nitrogen and oxygen atoms in total. The molecule has 5 rings (SSSR count). The topological polar surface area (TPSA) is 65.1 Å². The van der Waals surface area contributed by atoms with Crippen LogP contribution in [0.1, 0.15) is 23.1 Å². The van der Waals surface area contributed by atoms with Crippen molar-refractivity contribution in [3.05, 3.63) is 85.8 Å². The molecule has 2 aromatic carbocycles. The molecule has 32 heavy (non-hydrogen) atoms. The molecule has 1 aliphatic rings. The molecule has 0 saturated carbocycles. The minimum absolute atomic E-state index is 0.130. The normalized spacial score (nSPS) is 13.6. The summed E-state index contributed by atoms with van der Waals surface area (Å²) in [5, 5.41) is 0. The molecule has 0 fully saturated rings. The first kappa shape index (κ1) is 20.2. The Balaban J connectivity index is 1.72. The Morgan fingerprint density at radius 1 is 1.06 bits per heavy atom. The molecule has 0 atom stereocenters. The van der Waals surface area contributed by atoms with E-state index in [4.69, 9.17) is 4.98 Å². The second-order valence-electron chi connectivity index (χ2n) is 8.36. The highest BCUT2D eigenvalue weighted by Gasteiger charge is 2.27. The molecule has 4 aromatic rings. The maximum Gasteiger partial charge on any atom is 0.332 e. The molecule has 0 amide bonds. The van der Waals surface area contributed by atoms with E-state index in [-0.39, 0.29) is 6.54 Å². The van der Waals surface area contributed by atoms with Gasteiger partial charge < -0.3 is 9.47 Å². The Hall–Kier alpha value is -3.68. The van der Waals surface area contributed by atoms with Crippen LogP contribution in [-0.2, 0) is 20.1 Å². The van der Waals surface area contributed by atoms with E-state index in [9.17, 15) is 14.0 Å². The Morgan fingerprint density at radius 3 is 2.59 bits per heavy atom. The van der Waals surface area contributed by atoms with Crippen molar-refractivity contribution in [1.82, 2.24) is 18.7 Å². The van der Waals surface area contributed by atoms with Crippen LogP contribution in [0, 0.1) is 19.7 Å². The smallest absolute Gasteiger partial charge is 0.312 e. The fourth-order valence-corrected chi connectivity index (χ4v) is 4.54. The summed E-state index contributed by atoms with van der Waals surface area (Å²) >= 11 is 0. The van der Waals surface area contributed by atoms with Gasteiger partial charge in [0.05, 0.1) is 6.54 Å². The number of nitrogens with zero attached hydrogens (tertiary/aromatic N) is 5. The second kappa shape index (κ2) is 7.47. The van der Waals surface area contributed by atoms with Gasteiger partial charge >= 0.3 is 5.69 Å². The molecular formula is C24H24FN5O2. The van der Waals surface area contributed by atoms with Gasteiger partial charge in [-0.2, -0.15) is 4.98 Å². The number of fused-ring (bicyclic) bond motifs is 3. The van der Waals surface area contributed by atoms with Crippen molar-refractivity contribution < 1.29 is 4.39 Å². The summed E-state index contributed by atoms with van der Waals surface area (Å²) in [6.45, 7) is 5.37. The molecule has 0 unspecified atom stereocenters. The monoisotopic (exact) mass is 433 g/mol. The van der Waals surface area contributed by atoms with E-state index in [1.54, 1.807) is 25.2 Å². The third-order valence-corrected chi connectivity index (χ3v) is 6.15. The van der Waals surface area contributed by atoms with Gasteiger partial charge in [0.25, 0.3) is 5.56 Å². The molecule has 2 aromatic heterocycles. The minimum atomic E-state index is -0.515. The summed E-state index contributed by atoms with van der Waals surface area (Å²) in [6.07, 6.45) is 0.835.